The summed E-state index contributed by atoms with van der Waals surface area (Å²) < 4.78 is 1.97. The SMILES string of the molecule is CNc1cc(C)nc(N2CCn3nc([C@@H](O)c4ccccc4)cc3C2)n1. The van der Waals surface area contributed by atoms with E-state index in [-0.39, 0.29) is 0 Å². The van der Waals surface area contributed by atoms with Crippen LogP contribution in [0.3, 0.4) is 0 Å². The number of aliphatic hydroxyl groups excluding tert-OH is 1. The summed E-state index contributed by atoms with van der Waals surface area (Å²) in [5.41, 5.74) is 3.51. The smallest absolute Gasteiger partial charge is 0.227 e. The van der Waals surface area contributed by atoms with Gasteiger partial charge in [0.25, 0.3) is 0 Å². The Morgan fingerprint density at radius 3 is 2.69 bits per heavy atom. The first-order chi connectivity index (χ1) is 12.6. The second-order valence-corrected chi connectivity index (χ2v) is 6.46. The van der Waals surface area contributed by atoms with Crippen LogP contribution in [0.15, 0.2) is 42.5 Å². The number of rotatable bonds is 4. The molecule has 0 unspecified atom stereocenters. The average Bonchev–Trinajstić information content (AvgIpc) is 3.10. The molecule has 26 heavy (non-hydrogen) atoms. The van der Waals surface area contributed by atoms with Gasteiger partial charge in [0, 0.05) is 25.4 Å². The molecule has 1 atom stereocenters. The number of aromatic nitrogens is 4. The minimum absolute atomic E-state index is 0.668. The van der Waals surface area contributed by atoms with E-state index in [2.05, 4.69) is 25.3 Å². The maximum Gasteiger partial charge on any atom is 0.227 e. The molecule has 0 saturated carbocycles. The number of anilines is 2. The van der Waals surface area contributed by atoms with E-state index in [1.165, 1.54) is 0 Å². The molecule has 0 fully saturated rings. The van der Waals surface area contributed by atoms with Crippen LogP contribution in [0.2, 0.25) is 0 Å². The van der Waals surface area contributed by atoms with Gasteiger partial charge in [0.2, 0.25) is 5.95 Å². The van der Waals surface area contributed by atoms with Crippen LogP contribution in [-0.4, -0.2) is 38.4 Å². The van der Waals surface area contributed by atoms with Crippen LogP contribution >= 0.6 is 0 Å². The minimum atomic E-state index is -0.714. The third kappa shape index (κ3) is 3.13. The third-order valence-electron chi connectivity index (χ3n) is 4.59. The van der Waals surface area contributed by atoms with Gasteiger partial charge >= 0.3 is 0 Å². The zero-order chi connectivity index (χ0) is 18.1. The topological polar surface area (TPSA) is 79.1 Å². The number of benzene rings is 1. The van der Waals surface area contributed by atoms with Crippen LogP contribution in [0, 0.1) is 6.92 Å². The molecule has 0 spiro atoms. The highest BCUT2D eigenvalue weighted by Gasteiger charge is 2.23. The van der Waals surface area contributed by atoms with Crippen molar-refractivity contribution in [2.45, 2.75) is 26.1 Å². The van der Waals surface area contributed by atoms with E-state index >= 15 is 0 Å². The third-order valence-corrected chi connectivity index (χ3v) is 4.59. The van der Waals surface area contributed by atoms with Crippen molar-refractivity contribution in [1.29, 1.82) is 0 Å². The highest BCUT2D eigenvalue weighted by atomic mass is 16.3. The molecule has 4 rings (SSSR count). The number of hydrogen-bond acceptors (Lipinski definition) is 6. The fraction of sp³-hybridized carbons (Fsp3) is 0.316. The van der Waals surface area contributed by atoms with Crippen LogP contribution in [0.4, 0.5) is 11.8 Å². The van der Waals surface area contributed by atoms with E-state index in [1.807, 2.05) is 61.1 Å². The standard InChI is InChI=1S/C19H22N6O/c1-13-10-17(20-2)22-19(21-13)24-8-9-25-15(12-24)11-16(23-25)18(26)14-6-4-3-5-7-14/h3-7,10-11,18,26H,8-9,12H2,1-2H3,(H,20,21,22)/t18-/m0/s1. The Kier molecular flexibility index (Phi) is 4.30. The second kappa shape index (κ2) is 6.76. The van der Waals surface area contributed by atoms with Crippen molar-refractivity contribution in [1.82, 2.24) is 19.7 Å². The van der Waals surface area contributed by atoms with E-state index < -0.39 is 6.10 Å². The zero-order valence-corrected chi connectivity index (χ0v) is 14.9. The average molecular weight is 350 g/mol. The molecule has 3 aromatic rings. The predicted molar refractivity (Wildman–Crippen MR) is 100 cm³/mol. The van der Waals surface area contributed by atoms with Crippen molar-refractivity contribution < 1.29 is 5.11 Å². The quantitative estimate of drug-likeness (QED) is 0.750. The summed E-state index contributed by atoms with van der Waals surface area (Å²) in [4.78, 5) is 11.3. The summed E-state index contributed by atoms with van der Waals surface area (Å²) in [5.74, 6) is 1.53. The molecule has 0 saturated heterocycles. The molecule has 0 bridgehead atoms. The van der Waals surface area contributed by atoms with Gasteiger partial charge in [0.1, 0.15) is 11.9 Å². The van der Waals surface area contributed by atoms with Crippen molar-refractivity contribution >= 4 is 11.8 Å². The number of aryl methyl sites for hydroxylation is 1. The Morgan fingerprint density at radius 1 is 1.12 bits per heavy atom. The predicted octanol–water partition coefficient (Wildman–Crippen LogP) is 2.13. The lowest BCUT2D eigenvalue weighted by molar-refractivity contribution is 0.214. The molecule has 134 valence electrons. The van der Waals surface area contributed by atoms with Crippen molar-refractivity contribution in [3.8, 4) is 0 Å². The first kappa shape index (κ1) is 16.5. The van der Waals surface area contributed by atoms with Crippen LogP contribution in [0.1, 0.15) is 28.7 Å². The number of aliphatic hydroxyl groups is 1. The van der Waals surface area contributed by atoms with Gasteiger partial charge in [0.05, 0.1) is 24.5 Å². The first-order valence-corrected chi connectivity index (χ1v) is 8.72. The molecule has 1 aliphatic heterocycles. The largest absolute Gasteiger partial charge is 0.382 e. The van der Waals surface area contributed by atoms with Gasteiger partial charge < -0.3 is 15.3 Å². The highest BCUT2D eigenvalue weighted by molar-refractivity contribution is 5.44. The Labute approximate surface area is 152 Å². The van der Waals surface area contributed by atoms with Gasteiger partial charge in [-0.25, -0.2) is 4.98 Å². The number of nitrogens with one attached hydrogen (secondary N) is 1. The van der Waals surface area contributed by atoms with Crippen LogP contribution in [0.25, 0.3) is 0 Å². The summed E-state index contributed by atoms with van der Waals surface area (Å²) in [6.07, 6.45) is -0.714. The van der Waals surface area contributed by atoms with Crippen molar-refractivity contribution in [3.05, 3.63) is 65.1 Å². The van der Waals surface area contributed by atoms with Crippen molar-refractivity contribution in [2.75, 3.05) is 23.8 Å². The molecule has 0 amide bonds. The summed E-state index contributed by atoms with van der Waals surface area (Å²) in [6, 6.07) is 13.5. The lowest BCUT2D eigenvalue weighted by atomic mass is 10.1. The van der Waals surface area contributed by atoms with E-state index in [9.17, 15) is 5.11 Å². The minimum Gasteiger partial charge on any atom is -0.382 e. The molecule has 1 aliphatic rings. The summed E-state index contributed by atoms with van der Waals surface area (Å²) >= 11 is 0. The molecular formula is C19H22N6O. The molecule has 7 heteroatoms. The maximum atomic E-state index is 10.6. The lowest BCUT2D eigenvalue weighted by Gasteiger charge is -2.28. The van der Waals surface area contributed by atoms with Gasteiger partial charge in [-0.1, -0.05) is 30.3 Å². The van der Waals surface area contributed by atoms with E-state index in [0.29, 0.717) is 18.2 Å². The molecular weight excluding hydrogens is 328 g/mol. The van der Waals surface area contributed by atoms with Crippen molar-refractivity contribution in [3.63, 3.8) is 0 Å². The molecule has 0 radical (unpaired) electrons. The molecule has 2 aromatic heterocycles. The normalized spacial score (nSPS) is 14.8. The van der Waals surface area contributed by atoms with E-state index in [1.54, 1.807) is 0 Å². The van der Waals surface area contributed by atoms with Crippen LogP contribution in [-0.2, 0) is 13.1 Å². The van der Waals surface area contributed by atoms with E-state index in [4.69, 9.17) is 0 Å². The number of nitrogens with zero attached hydrogens (tertiary/aromatic N) is 5. The molecule has 1 aromatic carbocycles. The monoisotopic (exact) mass is 350 g/mol. The Balaban J connectivity index is 1.58. The van der Waals surface area contributed by atoms with Gasteiger partial charge in [0.15, 0.2) is 0 Å². The highest BCUT2D eigenvalue weighted by Crippen LogP contribution is 2.25. The zero-order valence-electron chi connectivity index (χ0n) is 14.9. The first-order valence-electron chi connectivity index (χ1n) is 8.72. The van der Waals surface area contributed by atoms with Crippen LogP contribution in [0.5, 0.6) is 0 Å². The van der Waals surface area contributed by atoms with Gasteiger partial charge in [-0.3, -0.25) is 4.68 Å². The van der Waals surface area contributed by atoms with Crippen LogP contribution < -0.4 is 10.2 Å². The number of hydrogen-bond donors (Lipinski definition) is 2. The van der Waals surface area contributed by atoms with Crippen molar-refractivity contribution in [2.24, 2.45) is 0 Å². The fourth-order valence-corrected chi connectivity index (χ4v) is 3.22. The van der Waals surface area contributed by atoms with E-state index in [0.717, 1.165) is 35.9 Å². The molecule has 2 N–H and O–H groups in total. The molecule has 3 heterocycles. The Hall–Kier alpha value is -2.93. The van der Waals surface area contributed by atoms with Gasteiger partial charge in [-0.05, 0) is 18.6 Å². The van der Waals surface area contributed by atoms with Gasteiger partial charge in [-0.15, -0.1) is 0 Å². The fourth-order valence-electron chi connectivity index (χ4n) is 3.22. The Morgan fingerprint density at radius 2 is 1.92 bits per heavy atom. The molecule has 7 nitrogen and oxygen atoms in total. The molecule has 0 aliphatic carbocycles. The summed E-state index contributed by atoms with van der Waals surface area (Å²) in [5, 5.41) is 18.3. The Bertz CT molecular complexity index is 908. The summed E-state index contributed by atoms with van der Waals surface area (Å²) in [6.45, 7) is 4.15. The van der Waals surface area contributed by atoms with Gasteiger partial charge in [-0.2, -0.15) is 10.1 Å². The lowest BCUT2D eigenvalue weighted by Crippen LogP contribution is -2.35. The second-order valence-electron chi connectivity index (χ2n) is 6.46. The maximum absolute atomic E-state index is 10.6. The number of fused-ring (bicyclic) bond motifs is 1. The summed E-state index contributed by atoms with van der Waals surface area (Å²) in [7, 11) is 1.86.